The Morgan fingerprint density at radius 1 is 1.23 bits per heavy atom. The number of amides is 1. The molecule has 0 aromatic carbocycles. The molecule has 0 aromatic rings. The predicted molar refractivity (Wildman–Crippen MR) is 162 cm³/mol. The molecular weight excluding hydrogens is 524 g/mol. The number of Topliss-reactive ketones (excluding diaryl/α,β-unsaturated/α-hetero) is 1. The largest absolute Gasteiger partial charge is 0.461 e. The number of esters is 1. The second-order valence-corrected chi connectivity index (χ2v) is 16.5. The van der Waals surface area contributed by atoms with Crippen molar-refractivity contribution in [2.75, 3.05) is 12.3 Å². The number of hydrogen-bond acceptors (Lipinski definition) is 7. The Labute approximate surface area is 246 Å². The first-order valence-electron chi connectivity index (χ1n) is 15.5. The number of nitrogens with two attached hydrogens (primary N) is 1. The molecule has 0 spiro atoms. The van der Waals surface area contributed by atoms with E-state index in [1.807, 2.05) is 27.7 Å². The summed E-state index contributed by atoms with van der Waals surface area (Å²) >= 11 is 1.45. The summed E-state index contributed by atoms with van der Waals surface area (Å²) in [5.41, 5.74) is 4.88. The van der Waals surface area contributed by atoms with Gasteiger partial charge in [-0.25, -0.2) is 0 Å². The fourth-order valence-electron chi connectivity index (χ4n) is 8.25. The monoisotopic (exact) mass is 580 g/mol. The van der Waals surface area contributed by atoms with Gasteiger partial charge in [-0.3, -0.25) is 14.4 Å². The van der Waals surface area contributed by atoms with Crippen LogP contribution in [0.5, 0.6) is 0 Å². The van der Waals surface area contributed by atoms with Crippen molar-refractivity contribution in [1.82, 2.24) is 5.32 Å². The zero-order valence-corrected chi connectivity index (χ0v) is 27.3. The summed E-state index contributed by atoms with van der Waals surface area (Å²) in [6, 6.07) is -0.542. The van der Waals surface area contributed by atoms with Gasteiger partial charge in [-0.15, -0.1) is 11.8 Å². The van der Waals surface area contributed by atoms with Crippen LogP contribution >= 0.6 is 11.8 Å². The molecule has 2 bridgehead atoms. The Morgan fingerprint density at radius 3 is 2.48 bits per heavy atom. The first-order valence-corrected chi connectivity index (χ1v) is 16.5. The third-order valence-corrected chi connectivity index (χ3v) is 12.6. The molecule has 0 aliphatic heterocycles. The van der Waals surface area contributed by atoms with E-state index >= 15 is 0 Å². The maximum atomic E-state index is 13.6. The van der Waals surface area contributed by atoms with Gasteiger partial charge in [0.2, 0.25) is 5.91 Å². The number of nitrogens with one attached hydrogen (secondary N) is 1. The van der Waals surface area contributed by atoms with E-state index in [1.165, 1.54) is 11.8 Å². The maximum Gasteiger partial charge on any atom is 0.316 e. The minimum Gasteiger partial charge on any atom is -0.461 e. The molecule has 3 saturated carbocycles. The second kappa shape index (κ2) is 12.2. The maximum absolute atomic E-state index is 13.6. The number of thioether (sulfide) groups is 1. The third kappa shape index (κ3) is 6.29. The van der Waals surface area contributed by atoms with Gasteiger partial charge in [0, 0.05) is 29.0 Å². The van der Waals surface area contributed by atoms with Crippen LogP contribution in [-0.4, -0.2) is 58.1 Å². The minimum atomic E-state index is -0.566. The van der Waals surface area contributed by atoms with Gasteiger partial charge in [0.05, 0.1) is 17.9 Å². The number of hydrogen-bond donors (Lipinski definition) is 3. The highest BCUT2D eigenvalue weighted by molar-refractivity contribution is 8.01. The highest BCUT2D eigenvalue weighted by atomic mass is 32.2. The smallest absolute Gasteiger partial charge is 0.316 e. The fourth-order valence-corrected chi connectivity index (χ4v) is 9.00. The van der Waals surface area contributed by atoms with E-state index < -0.39 is 33.8 Å². The molecule has 3 fully saturated rings. The zero-order chi connectivity index (χ0) is 30.3. The topological polar surface area (TPSA) is 119 Å². The van der Waals surface area contributed by atoms with Crippen LogP contribution in [0.1, 0.15) is 107 Å². The van der Waals surface area contributed by atoms with E-state index in [9.17, 15) is 19.5 Å². The molecule has 0 saturated heterocycles. The number of aliphatic hydroxyl groups is 1. The molecule has 0 unspecified atom stereocenters. The summed E-state index contributed by atoms with van der Waals surface area (Å²) in [5.74, 6) is 0.313. The van der Waals surface area contributed by atoms with Crippen molar-refractivity contribution in [2.45, 2.75) is 130 Å². The normalized spacial score (nSPS) is 38.8. The van der Waals surface area contributed by atoms with E-state index in [2.05, 4.69) is 39.9 Å². The Kier molecular flexibility index (Phi) is 10.2. The molecule has 230 valence electrons. The van der Waals surface area contributed by atoms with Crippen molar-refractivity contribution in [2.24, 2.45) is 45.7 Å². The standard InChI is InChI=1S/C32H56N2O5S/c1-10-30(8)16-24(39-25(36)17-40-29(6,7)18-34-28(38)22(33)15-19(2)3)31(9)20(4)11-13-32(21(5)27(30)37)14-12-23(35)26(31)32/h19-22,24,26-27,37H,10-18,33H2,1-9H3,(H,34,38)/t20-,21+,22-,24-,26+,27+,30-,31+,32+/m1/s1. The number of carbonyl (C=O) groups is 3. The predicted octanol–water partition coefficient (Wildman–Crippen LogP) is 5.12. The highest BCUT2D eigenvalue weighted by Crippen LogP contribution is 2.68. The SMILES string of the molecule is CC[C@]1(C)C[C@@H](OC(=O)CSC(C)(C)CNC(=O)[C@H](N)CC(C)C)[C@]2(C)[C@H](C)CC[C@]3(CCC(=O)[C@H]32)[C@@H](C)[C@@H]1O. The molecule has 3 rings (SSSR count). The quantitative estimate of drug-likeness (QED) is 0.307. The van der Waals surface area contributed by atoms with Crippen LogP contribution in [0.15, 0.2) is 0 Å². The van der Waals surface area contributed by atoms with Crippen molar-refractivity contribution >= 4 is 29.4 Å². The van der Waals surface area contributed by atoms with Gasteiger partial charge in [-0.2, -0.15) is 0 Å². The summed E-state index contributed by atoms with van der Waals surface area (Å²) in [6.07, 6.45) is 4.18. The lowest BCUT2D eigenvalue weighted by Gasteiger charge is -2.62. The van der Waals surface area contributed by atoms with Crippen molar-refractivity contribution in [3.05, 3.63) is 0 Å². The van der Waals surface area contributed by atoms with Gasteiger partial charge in [-0.1, -0.05) is 48.5 Å². The van der Waals surface area contributed by atoms with Gasteiger partial charge in [0.25, 0.3) is 0 Å². The van der Waals surface area contributed by atoms with Crippen LogP contribution in [0.2, 0.25) is 0 Å². The number of ether oxygens (including phenoxy) is 1. The van der Waals surface area contributed by atoms with Crippen molar-refractivity contribution in [1.29, 1.82) is 0 Å². The molecule has 9 atom stereocenters. The van der Waals surface area contributed by atoms with Crippen LogP contribution in [0.25, 0.3) is 0 Å². The number of rotatable bonds is 10. The Bertz CT molecular complexity index is 956. The highest BCUT2D eigenvalue weighted by Gasteiger charge is 2.68. The van der Waals surface area contributed by atoms with Crippen LogP contribution in [-0.2, 0) is 19.1 Å². The van der Waals surface area contributed by atoms with Gasteiger partial charge < -0.3 is 20.9 Å². The van der Waals surface area contributed by atoms with Gasteiger partial charge in [0.15, 0.2) is 0 Å². The average Bonchev–Trinajstić information content (AvgIpc) is 3.24. The van der Waals surface area contributed by atoms with E-state index in [1.54, 1.807) is 0 Å². The van der Waals surface area contributed by atoms with E-state index in [4.69, 9.17) is 10.5 Å². The Balaban J connectivity index is 1.78. The van der Waals surface area contributed by atoms with Crippen LogP contribution < -0.4 is 11.1 Å². The molecule has 3 aliphatic rings. The van der Waals surface area contributed by atoms with Crippen LogP contribution in [0.4, 0.5) is 0 Å². The minimum absolute atomic E-state index is 0.0117. The zero-order valence-electron chi connectivity index (χ0n) is 26.5. The van der Waals surface area contributed by atoms with Crippen LogP contribution in [0, 0.1) is 39.9 Å². The number of carbonyl (C=O) groups excluding carboxylic acids is 3. The molecule has 0 heterocycles. The fraction of sp³-hybridized carbons (Fsp3) is 0.906. The summed E-state index contributed by atoms with van der Waals surface area (Å²) in [5, 5.41) is 14.7. The summed E-state index contributed by atoms with van der Waals surface area (Å²) in [6.45, 7) is 19.2. The average molecular weight is 581 g/mol. The van der Waals surface area contributed by atoms with Gasteiger partial charge >= 0.3 is 5.97 Å². The summed E-state index contributed by atoms with van der Waals surface area (Å²) in [4.78, 5) is 39.4. The molecule has 0 radical (unpaired) electrons. The number of aliphatic hydroxyl groups excluding tert-OH is 1. The van der Waals surface area contributed by atoms with E-state index in [0.717, 1.165) is 25.7 Å². The van der Waals surface area contributed by atoms with Gasteiger partial charge in [0.1, 0.15) is 11.9 Å². The Hall–Kier alpha value is -1.12. The molecule has 3 aliphatic carbocycles. The molecule has 8 heteroatoms. The number of ketones is 1. The van der Waals surface area contributed by atoms with E-state index in [-0.39, 0.29) is 46.6 Å². The van der Waals surface area contributed by atoms with Crippen molar-refractivity contribution in [3.8, 4) is 0 Å². The lowest BCUT2D eigenvalue weighted by molar-refractivity contribution is -0.211. The Morgan fingerprint density at radius 2 is 1.88 bits per heavy atom. The summed E-state index contributed by atoms with van der Waals surface area (Å²) in [7, 11) is 0. The lowest BCUT2D eigenvalue weighted by Crippen LogP contribution is -2.63. The van der Waals surface area contributed by atoms with Crippen LogP contribution in [0.3, 0.4) is 0 Å². The molecule has 0 aromatic heterocycles. The molecular formula is C32H56N2O5S. The van der Waals surface area contributed by atoms with Crippen molar-refractivity contribution in [3.63, 3.8) is 0 Å². The van der Waals surface area contributed by atoms with Crippen molar-refractivity contribution < 1.29 is 24.2 Å². The molecule has 1 amide bonds. The third-order valence-electron chi connectivity index (χ3n) is 11.3. The lowest BCUT2D eigenvalue weighted by atomic mass is 9.43. The summed E-state index contributed by atoms with van der Waals surface area (Å²) < 4.78 is 6.00. The van der Waals surface area contributed by atoms with Gasteiger partial charge in [-0.05, 0) is 81.0 Å². The first kappa shape index (κ1) is 33.4. The first-order chi connectivity index (χ1) is 18.4. The molecule has 40 heavy (non-hydrogen) atoms. The molecule has 7 nitrogen and oxygen atoms in total. The van der Waals surface area contributed by atoms with E-state index in [0.29, 0.717) is 31.7 Å². The second-order valence-electron chi connectivity index (χ2n) is 14.9. The molecule has 4 N–H and O–H groups in total.